The maximum atomic E-state index is 10.4. The van der Waals surface area contributed by atoms with E-state index in [4.69, 9.17) is 0 Å². The quantitative estimate of drug-likeness (QED) is 0.865. The number of hydrogen-bond acceptors (Lipinski definition) is 1. The van der Waals surface area contributed by atoms with Gasteiger partial charge in [0.05, 0.1) is 12.1 Å². The first kappa shape index (κ1) is 12.9. The summed E-state index contributed by atoms with van der Waals surface area (Å²) >= 11 is 0. The van der Waals surface area contributed by atoms with E-state index in [1.54, 1.807) is 0 Å². The fourth-order valence-electron chi connectivity index (χ4n) is 2.35. The van der Waals surface area contributed by atoms with Crippen molar-refractivity contribution in [1.29, 1.82) is 0 Å². The molecular formula is C16H21NO. The SMILES string of the molecule is CC(C)c1cccn1[C@H](C)[C@@H](O)c1ccccc1. The lowest BCUT2D eigenvalue weighted by molar-refractivity contribution is 0.120. The molecule has 1 N–H and O–H groups in total. The van der Waals surface area contributed by atoms with Crippen molar-refractivity contribution in [1.82, 2.24) is 4.57 Å². The summed E-state index contributed by atoms with van der Waals surface area (Å²) in [6, 6.07) is 14.0. The van der Waals surface area contributed by atoms with Gasteiger partial charge in [0.25, 0.3) is 0 Å². The molecule has 0 saturated carbocycles. The second-order valence-electron chi connectivity index (χ2n) is 5.09. The van der Waals surface area contributed by atoms with Crippen LogP contribution in [0.15, 0.2) is 48.7 Å². The summed E-state index contributed by atoms with van der Waals surface area (Å²) in [5.74, 6) is 0.463. The molecule has 0 amide bonds. The van der Waals surface area contributed by atoms with Gasteiger partial charge >= 0.3 is 0 Å². The van der Waals surface area contributed by atoms with Gasteiger partial charge in [-0.15, -0.1) is 0 Å². The molecule has 0 aliphatic heterocycles. The monoisotopic (exact) mass is 243 g/mol. The van der Waals surface area contributed by atoms with E-state index < -0.39 is 6.10 Å². The summed E-state index contributed by atoms with van der Waals surface area (Å²) < 4.78 is 2.17. The van der Waals surface area contributed by atoms with Crippen molar-refractivity contribution in [2.24, 2.45) is 0 Å². The van der Waals surface area contributed by atoms with E-state index in [9.17, 15) is 5.11 Å². The Labute approximate surface area is 109 Å². The molecule has 1 heterocycles. The second-order valence-corrected chi connectivity index (χ2v) is 5.09. The number of hydrogen-bond donors (Lipinski definition) is 1. The number of rotatable bonds is 4. The van der Waals surface area contributed by atoms with Gasteiger partial charge in [-0.05, 0) is 30.5 Å². The molecule has 2 nitrogen and oxygen atoms in total. The van der Waals surface area contributed by atoms with Gasteiger partial charge in [0, 0.05) is 11.9 Å². The van der Waals surface area contributed by atoms with E-state index in [1.807, 2.05) is 42.6 Å². The fraction of sp³-hybridized carbons (Fsp3) is 0.375. The molecule has 2 atom stereocenters. The first-order valence-electron chi connectivity index (χ1n) is 6.51. The summed E-state index contributed by atoms with van der Waals surface area (Å²) in [6.45, 7) is 6.41. The number of aliphatic hydroxyl groups is 1. The van der Waals surface area contributed by atoms with Gasteiger partial charge in [0.2, 0.25) is 0 Å². The van der Waals surface area contributed by atoms with Crippen LogP contribution in [0, 0.1) is 0 Å². The van der Waals surface area contributed by atoms with E-state index in [1.165, 1.54) is 5.69 Å². The fourth-order valence-corrected chi connectivity index (χ4v) is 2.35. The molecule has 1 aromatic heterocycles. The Morgan fingerprint density at radius 3 is 2.22 bits per heavy atom. The second kappa shape index (κ2) is 5.40. The minimum atomic E-state index is -0.476. The molecule has 0 radical (unpaired) electrons. The van der Waals surface area contributed by atoms with Crippen LogP contribution >= 0.6 is 0 Å². The van der Waals surface area contributed by atoms with Gasteiger partial charge in [-0.1, -0.05) is 44.2 Å². The number of aromatic nitrogens is 1. The molecule has 96 valence electrons. The van der Waals surface area contributed by atoms with Crippen LogP contribution in [0.4, 0.5) is 0 Å². The molecule has 0 fully saturated rings. The summed E-state index contributed by atoms with van der Waals surface area (Å²) in [7, 11) is 0. The topological polar surface area (TPSA) is 25.2 Å². The number of aliphatic hydroxyl groups excluding tert-OH is 1. The molecule has 2 aromatic rings. The zero-order chi connectivity index (χ0) is 13.1. The normalized spacial score (nSPS) is 14.7. The summed E-state index contributed by atoms with van der Waals surface area (Å²) in [5, 5.41) is 10.4. The summed E-state index contributed by atoms with van der Waals surface area (Å²) in [5.41, 5.74) is 2.23. The largest absolute Gasteiger partial charge is 0.386 e. The predicted molar refractivity (Wildman–Crippen MR) is 74.6 cm³/mol. The Balaban J connectivity index is 2.26. The third-order valence-electron chi connectivity index (χ3n) is 3.44. The Bertz CT molecular complexity index is 487. The molecule has 18 heavy (non-hydrogen) atoms. The highest BCUT2D eigenvalue weighted by molar-refractivity contribution is 5.20. The van der Waals surface area contributed by atoms with E-state index >= 15 is 0 Å². The first-order chi connectivity index (χ1) is 8.61. The third kappa shape index (κ3) is 2.49. The minimum Gasteiger partial charge on any atom is -0.386 e. The Hall–Kier alpha value is -1.54. The highest BCUT2D eigenvalue weighted by Crippen LogP contribution is 2.29. The van der Waals surface area contributed by atoms with Crippen LogP contribution in [0.3, 0.4) is 0 Å². The zero-order valence-electron chi connectivity index (χ0n) is 11.2. The van der Waals surface area contributed by atoms with Gasteiger partial charge in [-0.3, -0.25) is 0 Å². The number of benzene rings is 1. The Morgan fingerprint density at radius 1 is 0.944 bits per heavy atom. The minimum absolute atomic E-state index is 0.0415. The molecule has 0 aliphatic carbocycles. The molecule has 0 spiro atoms. The molecule has 0 saturated heterocycles. The molecule has 2 heteroatoms. The van der Waals surface area contributed by atoms with Crippen molar-refractivity contribution in [3.63, 3.8) is 0 Å². The lowest BCUT2D eigenvalue weighted by atomic mass is 10.0. The van der Waals surface area contributed by atoms with Gasteiger partial charge in [-0.25, -0.2) is 0 Å². The van der Waals surface area contributed by atoms with Crippen molar-refractivity contribution in [2.75, 3.05) is 0 Å². The van der Waals surface area contributed by atoms with Crippen molar-refractivity contribution >= 4 is 0 Å². The zero-order valence-corrected chi connectivity index (χ0v) is 11.2. The van der Waals surface area contributed by atoms with Crippen LogP contribution in [0.1, 0.15) is 50.1 Å². The van der Waals surface area contributed by atoms with Gasteiger partial charge in [-0.2, -0.15) is 0 Å². The van der Waals surface area contributed by atoms with Crippen LogP contribution in [0.25, 0.3) is 0 Å². The van der Waals surface area contributed by atoms with Crippen molar-refractivity contribution in [3.05, 3.63) is 59.9 Å². The summed E-state index contributed by atoms with van der Waals surface area (Å²) in [4.78, 5) is 0. The van der Waals surface area contributed by atoms with Crippen molar-refractivity contribution < 1.29 is 5.11 Å². The first-order valence-corrected chi connectivity index (χ1v) is 6.51. The average Bonchev–Trinajstić information content (AvgIpc) is 2.87. The standard InChI is InChI=1S/C16H21NO/c1-12(2)15-10-7-11-17(15)13(3)16(18)14-8-5-4-6-9-14/h4-13,16,18H,1-3H3/t13-,16-/m1/s1. The Morgan fingerprint density at radius 2 is 1.61 bits per heavy atom. The molecule has 0 bridgehead atoms. The van der Waals surface area contributed by atoms with Crippen LogP contribution in [0.5, 0.6) is 0 Å². The van der Waals surface area contributed by atoms with Crippen LogP contribution in [-0.2, 0) is 0 Å². The predicted octanol–water partition coefficient (Wildman–Crippen LogP) is 3.91. The van der Waals surface area contributed by atoms with Crippen LogP contribution in [0.2, 0.25) is 0 Å². The van der Waals surface area contributed by atoms with E-state index in [-0.39, 0.29) is 6.04 Å². The highest BCUT2D eigenvalue weighted by atomic mass is 16.3. The Kier molecular flexibility index (Phi) is 3.87. The van der Waals surface area contributed by atoms with Crippen LogP contribution in [-0.4, -0.2) is 9.67 Å². The molecule has 2 rings (SSSR count). The van der Waals surface area contributed by atoms with Gasteiger partial charge in [0.1, 0.15) is 0 Å². The molecule has 0 aliphatic rings. The molecule has 1 aromatic carbocycles. The summed E-state index contributed by atoms with van der Waals surface area (Å²) in [6.07, 6.45) is 1.57. The smallest absolute Gasteiger partial charge is 0.0994 e. The maximum absolute atomic E-state index is 10.4. The third-order valence-corrected chi connectivity index (χ3v) is 3.44. The van der Waals surface area contributed by atoms with E-state index in [0.29, 0.717) is 5.92 Å². The average molecular weight is 243 g/mol. The van der Waals surface area contributed by atoms with Crippen LogP contribution < -0.4 is 0 Å². The van der Waals surface area contributed by atoms with Gasteiger partial charge in [0.15, 0.2) is 0 Å². The van der Waals surface area contributed by atoms with E-state index in [2.05, 4.69) is 31.4 Å². The maximum Gasteiger partial charge on any atom is 0.0994 e. The lowest BCUT2D eigenvalue weighted by Gasteiger charge is -2.24. The van der Waals surface area contributed by atoms with Gasteiger partial charge < -0.3 is 9.67 Å². The highest BCUT2D eigenvalue weighted by Gasteiger charge is 2.20. The van der Waals surface area contributed by atoms with E-state index in [0.717, 1.165) is 5.56 Å². The van der Waals surface area contributed by atoms with Crippen molar-refractivity contribution in [3.8, 4) is 0 Å². The lowest BCUT2D eigenvalue weighted by Crippen LogP contribution is -2.16. The molecule has 0 unspecified atom stereocenters. The number of nitrogens with zero attached hydrogens (tertiary/aromatic N) is 1. The molecular weight excluding hydrogens is 222 g/mol. The van der Waals surface area contributed by atoms with Crippen molar-refractivity contribution in [2.45, 2.75) is 38.8 Å².